The number of oxazole rings is 1. The molecule has 5 nitrogen and oxygen atoms in total. The molecule has 0 aliphatic heterocycles. The fourth-order valence-corrected chi connectivity index (χ4v) is 3.91. The molecule has 26 heavy (non-hydrogen) atoms. The number of aryl methyl sites for hydroxylation is 2. The average Bonchev–Trinajstić information content (AvgIpc) is 3.00. The summed E-state index contributed by atoms with van der Waals surface area (Å²) in [6.45, 7) is 0.327. The topological polar surface area (TPSA) is 55.5 Å². The van der Waals surface area contributed by atoms with Crippen LogP contribution in [-0.2, 0) is 17.8 Å². The summed E-state index contributed by atoms with van der Waals surface area (Å²) in [4.78, 5) is 26.7. The van der Waals surface area contributed by atoms with Gasteiger partial charge in [-0.25, -0.2) is 4.79 Å². The average molecular weight is 350 g/mol. The van der Waals surface area contributed by atoms with E-state index in [1.54, 1.807) is 6.07 Å². The van der Waals surface area contributed by atoms with Crippen LogP contribution in [0.1, 0.15) is 36.4 Å². The van der Waals surface area contributed by atoms with Gasteiger partial charge < -0.3 is 9.32 Å². The van der Waals surface area contributed by atoms with Gasteiger partial charge in [0.15, 0.2) is 5.58 Å². The molecule has 5 heteroatoms. The Hall–Kier alpha value is -2.82. The number of benzene rings is 2. The van der Waals surface area contributed by atoms with Crippen LogP contribution >= 0.6 is 0 Å². The minimum Gasteiger partial charge on any atom is -0.408 e. The Balaban J connectivity index is 1.50. The van der Waals surface area contributed by atoms with Crippen LogP contribution in [0.4, 0.5) is 0 Å². The maximum atomic E-state index is 12.8. The lowest BCUT2D eigenvalue weighted by molar-refractivity contribution is -0.132. The molecule has 1 amide bonds. The van der Waals surface area contributed by atoms with Gasteiger partial charge >= 0.3 is 5.76 Å². The predicted molar refractivity (Wildman–Crippen MR) is 100.0 cm³/mol. The van der Waals surface area contributed by atoms with Crippen molar-refractivity contribution in [2.24, 2.45) is 0 Å². The largest absolute Gasteiger partial charge is 0.419 e. The summed E-state index contributed by atoms with van der Waals surface area (Å²) in [5.41, 5.74) is 3.87. The number of aromatic nitrogens is 1. The summed E-state index contributed by atoms with van der Waals surface area (Å²) in [5.74, 6) is -0.367. The first-order valence-electron chi connectivity index (χ1n) is 9.07. The highest BCUT2D eigenvalue weighted by Gasteiger charge is 2.26. The molecular weight excluding hydrogens is 328 g/mol. The molecule has 0 fully saturated rings. The van der Waals surface area contributed by atoms with Crippen molar-refractivity contribution in [2.75, 3.05) is 7.05 Å². The maximum Gasteiger partial charge on any atom is 0.419 e. The third-order valence-electron chi connectivity index (χ3n) is 5.32. The van der Waals surface area contributed by atoms with Gasteiger partial charge in [0.05, 0.1) is 11.6 Å². The van der Waals surface area contributed by atoms with E-state index in [0.717, 1.165) is 24.8 Å². The Morgan fingerprint density at radius 3 is 2.85 bits per heavy atom. The first-order chi connectivity index (χ1) is 12.6. The van der Waals surface area contributed by atoms with Crippen LogP contribution in [-0.4, -0.2) is 22.4 Å². The van der Waals surface area contributed by atoms with Crippen molar-refractivity contribution < 1.29 is 9.21 Å². The fourth-order valence-electron chi connectivity index (χ4n) is 3.91. The van der Waals surface area contributed by atoms with Crippen LogP contribution < -0.4 is 5.76 Å². The van der Waals surface area contributed by atoms with Crippen molar-refractivity contribution in [3.05, 3.63) is 70.2 Å². The van der Waals surface area contributed by atoms with Gasteiger partial charge in [0, 0.05) is 20.0 Å². The number of nitrogens with zero attached hydrogens (tertiary/aromatic N) is 2. The van der Waals surface area contributed by atoms with Crippen LogP contribution in [0.25, 0.3) is 11.1 Å². The number of amides is 1. The smallest absolute Gasteiger partial charge is 0.408 e. The number of rotatable bonds is 4. The Morgan fingerprint density at radius 2 is 1.96 bits per heavy atom. The SMILES string of the molecule is CN(C(=O)CCn1c(=O)oc2ccccc21)[C@@H]1CCCc2ccccc21. The highest BCUT2D eigenvalue weighted by atomic mass is 16.4. The zero-order valence-corrected chi connectivity index (χ0v) is 14.9. The van der Waals surface area contributed by atoms with E-state index in [-0.39, 0.29) is 18.4 Å². The summed E-state index contributed by atoms with van der Waals surface area (Å²) in [6, 6.07) is 15.8. The van der Waals surface area contributed by atoms with E-state index < -0.39 is 5.76 Å². The second-order valence-electron chi connectivity index (χ2n) is 6.85. The lowest BCUT2D eigenvalue weighted by Gasteiger charge is -2.33. The molecule has 0 N–H and O–H groups in total. The summed E-state index contributed by atoms with van der Waals surface area (Å²) in [7, 11) is 1.87. The highest BCUT2D eigenvalue weighted by Crippen LogP contribution is 2.33. The Morgan fingerprint density at radius 1 is 1.19 bits per heavy atom. The zero-order chi connectivity index (χ0) is 18.1. The van der Waals surface area contributed by atoms with Crippen LogP contribution in [0.3, 0.4) is 0 Å². The van der Waals surface area contributed by atoms with Crippen LogP contribution in [0.15, 0.2) is 57.7 Å². The number of para-hydroxylation sites is 2. The molecule has 0 bridgehead atoms. The predicted octanol–water partition coefficient (Wildman–Crippen LogP) is 3.52. The van der Waals surface area contributed by atoms with Crippen LogP contribution in [0.2, 0.25) is 0 Å². The number of carbonyl (C=O) groups is 1. The van der Waals surface area contributed by atoms with E-state index in [1.807, 2.05) is 36.2 Å². The molecule has 1 aromatic heterocycles. The van der Waals surface area contributed by atoms with Crippen molar-refractivity contribution in [3.63, 3.8) is 0 Å². The fraction of sp³-hybridized carbons (Fsp3) is 0.333. The van der Waals surface area contributed by atoms with E-state index >= 15 is 0 Å². The monoisotopic (exact) mass is 350 g/mol. The molecule has 0 unspecified atom stereocenters. The quantitative estimate of drug-likeness (QED) is 0.723. The van der Waals surface area contributed by atoms with Crippen molar-refractivity contribution in [2.45, 2.75) is 38.3 Å². The molecule has 1 atom stereocenters. The summed E-state index contributed by atoms with van der Waals surface area (Å²) in [5, 5.41) is 0. The molecule has 0 saturated heterocycles. The third kappa shape index (κ3) is 2.94. The van der Waals surface area contributed by atoms with Gasteiger partial charge in [-0.15, -0.1) is 0 Å². The molecule has 134 valence electrons. The first kappa shape index (κ1) is 16.6. The van der Waals surface area contributed by atoms with Crippen molar-refractivity contribution in [1.29, 1.82) is 0 Å². The Bertz CT molecular complexity index is 1000. The van der Waals surface area contributed by atoms with Gasteiger partial charge in [-0.2, -0.15) is 0 Å². The van der Waals surface area contributed by atoms with Gasteiger partial charge in [-0.05, 0) is 42.5 Å². The number of carbonyl (C=O) groups excluding carboxylic acids is 1. The lowest BCUT2D eigenvalue weighted by Crippen LogP contribution is -2.34. The second kappa shape index (κ2) is 6.83. The standard InChI is InChI=1S/C21H22N2O3/c1-22(17-11-6-8-15-7-2-3-9-16(15)17)20(24)13-14-23-18-10-4-5-12-19(18)26-21(23)25/h2-5,7,9-10,12,17H,6,8,11,13-14H2,1H3/t17-/m1/s1. The normalized spacial score (nSPS) is 16.4. The number of fused-ring (bicyclic) bond motifs is 2. The molecule has 1 aliphatic rings. The van der Waals surface area contributed by atoms with E-state index in [0.29, 0.717) is 12.1 Å². The van der Waals surface area contributed by atoms with Crippen molar-refractivity contribution >= 4 is 17.0 Å². The van der Waals surface area contributed by atoms with Gasteiger partial charge in [-0.1, -0.05) is 36.4 Å². The van der Waals surface area contributed by atoms with Gasteiger partial charge in [0.2, 0.25) is 5.91 Å². The molecule has 0 radical (unpaired) electrons. The molecular formula is C21H22N2O3. The second-order valence-corrected chi connectivity index (χ2v) is 6.85. The maximum absolute atomic E-state index is 12.8. The molecule has 1 heterocycles. The number of hydrogen-bond acceptors (Lipinski definition) is 3. The third-order valence-corrected chi connectivity index (χ3v) is 5.32. The molecule has 3 aromatic rings. The van der Waals surface area contributed by atoms with Crippen LogP contribution in [0.5, 0.6) is 0 Å². The summed E-state index contributed by atoms with van der Waals surface area (Å²) >= 11 is 0. The van der Waals surface area contributed by atoms with Crippen molar-refractivity contribution in [3.8, 4) is 0 Å². The minimum atomic E-state index is -0.412. The lowest BCUT2D eigenvalue weighted by atomic mass is 9.87. The van der Waals surface area contributed by atoms with E-state index in [4.69, 9.17) is 4.42 Å². The molecule has 4 rings (SSSR count). The summed E-state index contributed by atoms with van der Waals surface area (Å²) in [6.07, 6.45) is 3.42. The van der Waals surface area contributed by atoms with Crippen LogP contribution in [0, 0.1) is 0 Å². The molecule has 0 saturated carbocycles. The number of hydrogen-bond donors (Lipinski definition) is 0. The Labute approximate surface area is 151 Å². The summed E-state index contributed by atoms with van der Waals surface area (Å²) < 4.78 is 6.77. The van der Waals surface area contributed by atoms with E-state index in [9.17, 15) is 9.59 Å². The molecule has 2 aromatic carbocycles. The molecule has 0 spiro atoms. The highest BCUT2D eigenvalue weighted by molar-refractivity contribution is 5.77. The zero-order valence-electron chi connectivity index (χ0n) is 14.9. The minimum absolute atomic E-state index is 0.0453. The first-order valence-corrected chi connectivity index (χ1v) is 9.07. The van der Waals surface area contributed by atoms with Gasteiger partial charge in [0.1, 0.15) is 0 Å². The van der Waals surface area contributed by atoms with E-state index in [2.05, 4.69) is 18.2 Å². The van der Waals surface area contributed by atoms with Crippen molar-refractivity contribution in [1.82, 2.24) is 9.47 Å². The van der Waals surface area contributed by atoms with Gasteiger partial charge in [0.25, 0.3) is 0 Å². The Kier molecular flexibility index (Phi) is 4.37. The van der Waals surface area contributed by atoms with E-state index in [1.165, 1.54) is 15.7 Å². The molecule has 1 aliphatic carbocycles. The van der Waals surface area contributed by atoms with Gasteiger partial charge in [-0.3, -0.25) is 9.36 Å².